The number of ether oxygens (including phenoxy) is 2. The molecule has 0 aliphatic carbocycles. The predicted octanol–water partition coefficient (Wildman–Crippen LogP) is 1.76. The van der Waals surface area contributed by atoms with Gasteiger partial charge in [0.15, 0.2) is 0 Å². The quantitative estimate of drug-likeness (QED) is 0.785. The van der Waals surface area contributed by atoms with Crippen LogP contribution in [0.3, 0.4) is 0 Å². The first kappa shape index (κ1) is 16.6. The van der Waals surface area contributed by atoms with E-state index in [0.29, 0.717) is 10.8 Å². The molecule has 120 valence electrons. The van der Waals surface area contributed by atoms with E-state index in [-0.39, 0.29) is 30.7 Å². The van der Waals surface area contributed by atoms with Gasteiger partial charge in [0.2, 0.25) is 0 Å². The number of nitrogens with zero attached hydrogens (tertiary/aromatic N) is 1. The normalized spacial score (nSPS) is 20.1. The lowest BCUT2D eigenvalue weighted by atomic mass is 10.0. The molecule has 0 spiro atoms. The van der Waals surface area contributed by atoms with Crippen LogP contribution in [0.15, 0.2) is 22.0 Å². The first-order valence-corrected chi connectivity index (χ1v) is 8.11. The molecule has 0 fully saturated rings. The molecule has 0 unspecified atom stereocenters. The number of fused-ring (bicyclic) bond motifs is 1. The number of carbonyl (C=O) groups is 2. The van der Waals surface area contributed by atoms with Crippen molar-refractivity contribution in [2.75, 3.05) is 12.4 Å². The third-order valence-electron chi connectivity index (χ3n) is 3.42. The van der Waals surface area contributed by atoms with E-state index in [4.69, 9.17) is 9.47 Å². The SMILES string of the molecule is CCOC(=O)[C@@H]1[C@H](C)CSc2c(COC(C)=O)ccc(=O)n21. The molecule has 2 rings (SSSR count). The minimum atomic E-state index is -0.638. The number of hydrogen-bond donors (Lipinski definition) is 0. The number of rotatable bonds is 4. The standard InChI is InChI=1S/C15H19NO5S/c1-4-20-15(19)13-9(2)8-22-14-11(7-21-10(3)17)5-6-12(18)16(13)14/h5-6,9,13H,4,7-8H2,1-3H3/t9-,13+/m1/s1. The van der Waals surface area contributed by atoms with E-state index in [1.165, 1.54) is 29.3 Å². The van der Waals surface area contributed by atoms with Crippen molar-refractivity contribution >= 4 is 23.7 Å². The van der Waals surface area contributed by atoms with Crippen LogP contribution in [-0.2, 0) is 25.7 Å². The molecular formula is C15H19NO5S. The van der Waals surface area contributed by atoms with Gasteiger partial charge in [-0.05, 0) is 18.9 Å². The zero-order valence-electron chi connectivity index (χ0n) is 12.8. The Labute approximate surface area is 132 Å². The summed E-state index contributed by atoms with van der Waals surface area (Å²) in [6.45, 7) is 5.34. The van der Waals surface area contributed by atoms with Gasteiger partial charge in [0.1, 0.15) is 12.6 Å². The maximum Gasteiger partial charge on any atom is 0.329 e. The van der Waals surface area contributed by atoms with Crippen LogP contribution in [0.4, 0.5) is 0 Å². The van der Waals surface area contributed by atoms with Gasteiger partial charge in [0.25, 0.3) is 5.56 Å². The van der Waals surface area contributed by atoms with E-state index in [9.17, 15) is 14.4 Å². The summed E-state index contributed by atoms with van der Waals surface area (Å²) in [6, 6.07) is 2.40. The number of carbonyl (C=O) groups excluding carboxylic acids is 2. The van der Waals surface area contributed by atoms with Crippen LogP contribution in [0, 0.1) is 5.92 Å². The summed E-state index contributed by atoms with van der Waals surface area (Å²) >= 11 is 1.49. The summed E-state index contributed by atoms with van der Waals surface area (Å²) in [7, 11) is 0. The Balaban J connectivity index is 2.45. The summed E-state index contributed by atoms with van der Waals surface area (Å²) in [5.41, 5.74) is 0.472. The van der Waals surface area contributed by atoms with Gasteiger partial charge in [0, 0.05) is 24.3 Å². The Morgan fingerprint density at radius 3 is 2.73 bits per heavy atom. The molecular weight excluding hydrogens is 306 g/mol. The molecule has 0 radical (unpaired) electrons. The van der Waals surface area contributed by atoms with E-state index in [2.05, 4.69) is 0 Å². The number of pyridine rings is 1. The smallest absolute Gasteiger partial charge is 0.329 e. The summed E-state index contributed by atoms with van der Waals surface area (Å²) < 4.78 is 11.6. The van der Waals surface area contributed by atoms with Gasteiger partial charge in [-0.3, -0.25) is 14.2 Å². The topological polar surface area (TPSA) is 74.6 Å². The van der Waals surface area contributed by atoms with Gasteiger partial charge in [-0.25, -0.2) is 4.79 Å². The molecule has 0 aromatic carbocycles. The van der Waals surface area contributed by atoms with E-state index in [1.54, 1.807) is 13.0 Å². The van der Waals surface area contributed by atoms with Gasteiger partial charge in [-0.2, -0.15) is 0 Å². The lowest BCUT2D eigenvalue weighted by molar-refractivity contribution is -0.149. The molecule has 0 N–H and O–H groups in total. The van der Waals surface area contributed by atoms with Crippen LogP contribution < -0.4 is 5.56 Å². The summed E-state index contributed by atoms with van der Waals surface area (Å²) in [6.07, 6.45) is 0. The number of thioether (sulfide) groups is 1. The van der Waals surface area contributed by atoms with E-state index in [0.717, 1.165) is 5.56 Å². The van der Waals surface area contributed by atoms with Gasteiger partial charge in [-0.1, -0.05) is 6.92 Å². The molecule has 2 atom stereocenters. The fraction of sp³-hybridized carbons (Fsp3) is 0.533. The Kier molecular flexibility index (Phi) is 5.28. The van der Waals surface area contributed by atoms with Crippen LogP contribution in [0.5, 0.6) is 0 Å². The van der Waals surface area contributed by atoms with Crippen LogP contribution in [0.25, 0.3) is 0 Å². The Morgan fingerprint density at radius 1 is 1.36 bits per heavy atom. The maximum absolute atomic E-state index is 12.3. The number of hydrogen-bond acceptors (Lipinski definition) is 6. The zero-order chi connectivity index (χ0) is 16.3. The van der Waals surface area contributed by atoms with E-state index in [1.807, 2.05) is 6.92 Å². The molecule has 1 aromatic heterocycles. The summed E-state index contributed by atoms with van der Waals surface area (Å²) in [5, 5.41) is 0.671. The van der Waals surface area contributed by atoms with Crippen LogP contribution in [0.2, 0.25) is 0 Å². The highest BCUT2D eigenvalue weighted by Gasteiger charge is 2.35. The lowest BCUT2D eigenvalue weighted by Crippen LogP contribution is -2.39. The van der Waals surface area contributed by atoms with Crippen molar-refractivity contribution in [1.82, 2.24) is 4.57 Å². The fourth-order valence-electron chi connectivity index (χ4n) is 2.41. The van der Waals surface area contributed by atoms with Gasteiger partial charge in [0.05, 0.1) is 11.6 Å². The molecule has 1 aliphatic heterocycles. The number of aromatic nitrogens is 1. The second kappa shape index (κ2) is 7.00. The second-order valence-electron chi connectivity index (χ2n) is 5.14. The highest BCUT2D eigenvalue weighted by molar-refractivity contribution is 7.99. The molecule has 1 aromatic rings. The summed E-state index contributed by atoms with van der Waals surface area (Å²) in [5.74, 6) is -0.109. The predicted molar refractivity (Wildman–Crippen MR) is 81.7 cm³/mol. The lowest BCUT2D eigenvalue weighted by Gasteiger charge is -2.32. The van der Waals surface area contributed by atoms with Crippen LogP contribution >= 0.6 is 11.8 Å². The van der Waals surface area contributed by atoms with Gasteiger partial charge >= 0.3 is 11.9 Å². The molecule has 7 heteroatoms. The van der Waals surface area contributed by atoms with Crippen molar-refractivity contribution in [3.05, 3.63) is 28.0 Å². The zero-order valence-corrected chi connectivity index (χ0v) is 13.6. The fourth-order valence-corrected chi connectivity index (χ4v) is 3.67. The molecule has 0 bridgehead atoms. The largest absolute Gasteiger partial charge is 0.464 e. The highest BCUT2D eigenvalue weighted by Crippen LogP contribution is 2.36. The molecule has 22 heavy (non-hydrogen) atoms. The molecule has 6 nitrogen and oxygen atoms in total. The average Bonchev–Trinajstić information content (AvgIpc) is 2.46. The van der Waals surface area contributed by atoms with Gasteiger partial charge < -0.3 is 9.47 Å². The third-order valence-corrected chi connectivity index (χ3v) is 4.84. The number of esters is 2. The Morgan fingerprint density at radius 2 is 2.09 bits per heavy atom. The monoisotopic (exact) mass is 325 g/mol. The molecule has 2 heterocycles. The Bertz CT molecular complexity index is 639. The van der Waals surface area contributed by atoms with Crippen LogP contribution in [-0.4, -0.2) is 28.9 Å². The first-order chi connectivity index (χ1) is 10.5. The van der Waals surface area contributed by atoms with E-state index < -0.39 is 12.0 Å². The highest BCUT2D eigenvalue weighted by atomic mass is 32.2. The molecule has 0 saturated heterocycles. The molecule has 0 saturated carbocycles. The average molecular weight is 325 g/mol. The molecule has 1 aliphatic rings. The second-order valence-corrected chi connectivity index (χ2v) is 6.15. The van der Waals surface area contributed by atoms with Crippen molar-refractivity contribution in [3.63, 3.8) is 0 Å². The third kappa shape index (κ3) is 3.35. The maximum atomic E-state index is 12.3. The van der Waals surface area contributed by atoms with Crippen molar-refractivity contribution in [2.24, 2.45) is 5.92 Å². The van der Waals surface area contributed by atoms with E-state index >= 15 is 0 Å². The Hall–Kier alpha value is -1.76. The van der Waals surface area contributed by atoms with Gasteiger partial charge in [-0.15, -0.1) is 11.8 Å². The van der Waals surface area contributed by atoms with Crippen molar-refractivity contribution in [1.29, 1.82) is 0 Å². The van der Waals surface area contributed by atoms with Crippen molar-refractivity contribution in [2.45, 2.75) is 38.4 Å². The van der Waals surface area contributed by atoms with Crippen molar-refractivity contribution < 1.29 is 19.1 Å². The first-order valence-electron chi connectivity index (χ1n) is 7.13. The summed E-state index contributed by atoms with van der Waals surface area (Å²) in [4.78, 5) is 35.5. The van der Waals surface area contributed by atoms with Crippen molar-refractivity contribution in [3.8, 4) is 0 Å². The minimum absolute atomic E-state index is 0.0155. The molecule has 0 amide bonds. The van der Waals surface area contributed by atoms with Crippen LogP contribution in [0.1, 0.15) is 32.4 Å². The minimum Gasteiger partial charge on any atom is -0.464 e.